The number of para-hydroxylation sites is 1. The van der Waals surface area contributed by atoms with Crippen molar-refractivity contribution >= 4 is 40.8 Å². The molecule has 1 aliphatic heterocycles. The Morgan fingerprint density at radius 2 is 1.89 bits per heavy atom. The van der Waals surface area contributed by atoms with Crippen LogP contribution in [0.4, 0.5) is 16.2 Å². The highest BCUT2D eigenvalue weighted by molar-refractivity contribution is 7.99. The molecule has 1 aliphatic rings. The average Bonchev–Trinajstić information content (AvgIpc) is 2.44. The van der Waals surface area contributed by atoms with Crippen LogP contribution in [0.25, 0.3) is 0 Å². The van der Waals surface area contributed by atoms with Crippen molar-refractivity contribution in [1.29, 1.82) is 0 Å². The second-order valence-corrected chi connectivity index (χ2v) is 5.49. The normalized spacial score (nSPS) is 12.6. The number of carbonyl (C=O) groups is 1. The number of hydrogen-bond acceptors (Lipinski definition) is 3. The van der Waals surface area contributed by atoms with Crippen molar-refractivity contribution in [3.8, 4) is 0 Å². The van der Waals surface area contributed by atoms with Crippen LogP contribution in [-0.4, -0.2) is 6.03 Å². The summed E-state index contributed by atoms with van der Waals surface area (Å²) in [5.41, 5.74) is 3.70. The van der Waals surface area contributed by atoms with Gasteiger partial charge in [0.05, 0.1) is 11.4 Å². The number of urea groups is 1. The molecule has 0 aliphatic carbocycles. The molecule has 96 valence electrons. The lowest BCUT2D eigenvalue weighted by Gasteiger charge is -2.30. The first-order chi connectivity index (χ1) is 9.20. The maximum absolute atomic E-state index is 12.0. The monoisotopic (exact) mass is 291 g/mol. The predicted molar refractivity (Wildman–Crippen MR) is 76.9 cm³/mol. The van der Waals surface area contributed by atoms with Gasteiger partial charge in [-0.25, -0.2) is 10.6 Å². The summed E-state index contributed by atoms with van der Waals surface area (Å²) >= 11 is 7.62. The van der Waals surface area contributed by atoms with Crippen molar-refractivity contribution in [3.05, 3.63) is 47.5 Å². The van der Waals surface area contributed by atoms with Gasteiger partial charge in [0.25, 0.3) is 0 Å². The number of hydrogen-bond donors (Lipinski definition) is 2. The smallest absolute Gasteiger partial charge is 0.275 e. The number of carbonyl (C=O) groups excluding carboxylic acids is 1. The molecule has 0 saturated heterocycles. The molecular weight excluding hydrogens is 282 g/mol. The van der Waals surface area contributed by atoms with E-state index in [1.165, 1.54) is 4.90 Å². The highest BCUT2D eigenvalue weighted by Gasteiger charge is 2.27. The van der Waals surface area contributed by atoms with E-state index in [-0.39, 0.29) is 0 Å². The maximum Gasteiger partial charge on any atom is 0.340 e. The second kappa shape index (κ2) is 4.77. The topological polar surface area (TPSA) is 58.4 Å². The van der Waals surface area contributed by atoms with E-state index in [9.17, 15) is 4.79 Å². The standard InChI is InChI=1S/C13H10ClN3OS/c14-8-5-6-12-10(7-8)17(13(18)16-15)9-3-1-2-4-11(9)19-12/h1-7H,15H2,(H,16,18). The lowest BCUT2D eigenvalue weighted by atomic mass is 10.2. The molecule has 2 aromatic rings. The van der Waals surface area contributed by atoms with Crippen LogP contribution in [0.3, 0.4) is 0 Å². The van der Waals surface area contributed by atoms with Crippen LogP contribution in [0.2, 0.25) is 5.02 Å². The summed E-state index contributed by atoms with van der Waals surface area (Å²) < 4.78 is 0. The fourth-order valence-corrected chi connectivity index (χ4v) is 3.22. The molecule has 0 radical (unpaired) electrons. The quantitative estimate of drug-likeness (QED) is 0.443. The first-order valence-corrected chi connectivity index (χ1v) is 6.77. The van der Waals surface area contributed by atoms with Gasteiger partial charge in [-0.2, -0.15) is 0 Å². The zero-order chi connectivity index (χ0) is 13.4. The van der Waals surface area contributed by atoms with Crippen LogP contribution in [-0.2, 0) is 0 Å². The molecule has 0 unspecified atom stereocenters. The molecule has 2 aromatic carbocycles. The van der Waals surface area contributed by atoms with Crippen LogP contribution in [0.1, 0.15) is 0 Å². The Labute approximate surface area is 119 Å². The molecule has 0 aromatic heterocycles. The number of anilines is 2. The molecule has 4 nitrogen and oxygen atoms in total. The number of rotatable bonds is 0. The number of nitrogens with two attached hydrogens (primary N) is 1. The minimum absolute atomic E-state index is 0.392. The van der Waals surface area contributed by atoms with Gasteiger partial charge in [0.15, 0.2) is 0 Å². The average molecular weight is 292 g/mol. The zero-order valence-electron chi connectivity index (χ0n) is 9.76. The van der Waals surface area contributed by atoms with Crippen LogP contribution in [0.5, 0.6) is 0 Å². The first kappa shape index (κ1) is 12.3. The van der Waals surface area contributed by atoms with Gasteiger partial charge in [0.1, 0.15) is 0 Å². The molecule has 0 saturated carbocycles. The molecule has 3 N–H and O–H groups in total. The van der Waals surface area contributed by atoms with E-state index in [1.54, 1.807) is 23.9 Å². The molecule has 1 heterocycles. The van der Waals surface area contributed by atoms with Gasteiger partial charge in [-0.3, -0.25) is 10.3 Å². The fourth-order valence-electron chi connectivity index (χ4n) is 2.01. The van der Waals surface area contributed by atoms with Gasteiger partial charge in [0, 0.05) is 14.8 Å². The van der Waals surface area contributed by atoms with Crippen LogP contribution < -0.4 is 16.2 Å². The Morgan fingerprint density at radius 3 is 2.68 bits per heavy atom. The van der Waals surface area contributed by atoms with Gasteiger partial charge in [-0.1, -0.05) is 35.5 Å². The lowest BCUT2D eigenvalue weighted by molar-refractivity contribution is 0.248. The number of halogens is 1. The summed E-state index contributed by atoms with van der Waals surface area (Å²) in [6, 6.07) is 12.7. The minimum atomic E-state index is -0.392. The summed E-state index contributed by atoms with van der Waals surface area (Å²) in [6.07, 6.45) is 0. The molecular formula is C13H10ClN3OS. The number of nitrogens with zero attached hydrogens (tertiary/aromatic N) is 1. The van der Waals surface area contributed by atoms with Crippen LogP contribution >= 0.6 is 23.4 Å². The number of fused-ring (bicyclic) bond motifs is 2. The van der Waals surface area contributed by atoms with E-state index in [2.05, 4.69) is 5.43 Å². The van der Waals surface area contributed by atoms with Crippen molar-refractivity contribution in [2.75, 3.05) is 4.90 Å². The maximum atomic E-state index is 12.0. The number of amides is 2. The summed E-state index contributed by atoms with van der Waals surface area (Å²) in [6.45, 7) is 0. The van der Waals surface area contributed by atoms with Gasteiger partial charge in [-0.05, 0) is 30.3 Å². The largest absolute Gasteiger partial charge is 0.340 e. The lowest BCUT2D eigenvalue weighted by Crippen LogP contribution is -2.41. The molecule has 2 amide bonds. The SMILES string of the molecule is NNC(=O)N1c2ccccc2Sc2ccc(Cl)cc21. The molecule has 0 fully saturated rings. The third-order valence-electron chi connectivity index (χ3n) is 2.81. The Kier molecular flexibility index (Phi) is 3.10. The van der Waals surface area contributed by atoms with Crippen molar-refractivity contribution in [1.82, 2.24) is 5.43 Å². The van der Waals surface area contributed by atoms with Gasteiger partial charge >= 0.3 is 6.03 Å². The summed E-state index contributed by atoms with van der Waals surface area (Å²) in [7, 11) is 0. The Balaban J connectivity index is 2.22. The fraction of sp³-hybridized carbons (Fsp3) is 0. The molecule has 19 heavy (non-hydrogen) atoms. The van der Waals surface area contributed by atoms with E-state index < -0.39 is 6.03 Å². The Hall–Kier alpha value is -1.69. The van der Waals surface area contributed by atoms with E-state index in [0.29, 0.717) is 5.02 Å². The number of benzene rings is 2. The third-order valence-corrected chi connectivity index (χ3v) is 4.18. The van der Waals surface area contributed by atoms with E-state index in [4.69, 9.17) is 17.4 Å². The summed E-state index contributed by atoms with van der Waals surface area (Å²) in [5, 5.41) is 0.577. The number of nitrogens with one attached hydrogen (secondary N) is 1. The van der Waals surface area contributed by atoms with Crippen LogP contribution in [0, 0.1) is 0 Å². The van der Waals surface area contributed by atoms with Crippen LogP contribution in [0.15, 0.2) is 52.3 Å². The summed E-state index contributed by atoms with van der Waals surface area (Å²) in [5.74, 6) is 5.27. The Morgan fingerprint density at radius 1 is 1.16 bits per heavy atom. The van der Waals surface area contributed by atoms with Crippen molar-refractivity contribution < 1.29 is 4.79 Å². The first-order valence-electron chi connectivity index (χ1n) is 5.58. The third kappa shape index (κ3) is 2.06. The van der Waals surface area contributed by atoms with Gasteiger partial charge in [-0.15, -0.1) is 0 Å². The van der Waals surface area contributed by atoms with Crippen molar-refractivity contribution in [2.24, 2.45) is 5.84 Å². The minimum Gasteiger partial charge on any atom is -0.275 e. The molecule has 0 spiro atoms. The summed E-state index contributed by atoms with van der Waals surface area (Å²) in [4.78, 5) is 15.5. The van der Waals surface area contributed by atoms with E-state index >= 15 is 0 Å². The highest BCUT2D eigenvalue weighted by atomic mass is 35.5. The van der Waals surface area contributed by atoms with Crippen molar-refractivity contribution in [3.63, 3.8) is 0 Å². The molecule has 3 rings (SSSR count). The molecule has 0 atom stereocenters. The second-order valence-electron chi connectivity index (χ2n) is 3.97. The number of hydrazine groups is 1. The van der Waals surface area contributed by atoms with Crippen molar-refractivity contribution in [2.45, 2.75) is 9.79 Å². The molecule has 0 bridgehead atoms. The van der Waals surface area contributed by atoms with E-state index in [0.717, 1.165) is 21.2 Å². The predicted octanol–water partition coefficient (Wildman–Crippen LogP) is 3.53. The van der Waals surface area contributed by atoms with Gasteiger partial charge < -0.3 is 0 Å². The van der Waals surface area contributed by atoms with Gasteiger partial charge in [0.2, 0.25) is 0 Å². The van der Waals surface area contributed by atoms with E-state index in [1.807, 2.05) is 30.3 Å². The highest BCUT2D eigenvalue weighted by Crippen LogP contribution is 2.48. The Bertz CT molecular complexity index is 662. The molecule has 6 heteroatoms. The zero-order valence-corrected chi connectivity index (χ0v) is 11.3.